The van der Waals surface area contributed by atoms with Crippen molar-refractivity contribution >= 4 is 29.0 Å². The molecule has 0 bridgehead atoms. The monoisotopic (exact) mass is 312 g/mol. The molecule has 6 heteroatoms. The van der Waals surface area contributed by atoms with Gasteiger partial charge in [0.05, 0.1) is 12.8 Å². The number of aliphatic hydroxyl groups is 1. The number of methoxy groups -OCH3 is 1. The van der Waals surface area contributed by atoms with E-state index in [2.05, 4.69) is 12.2 Å². The van der Waals surface area contributed by atoms with Crippen molar-refractivity contribution in [3.8, 4) is 5.75 Å². The number of aliphatic hydroxyl groups excluding tert-OH is 1. The van der Waals surface area contributed by atoms with Gasteiger partial charge in [-0.05, 0) is 36.8 Å². The molecular formula is C15H24N2O3S. The number of carbonyl (C=O) groups is 1. The molecule has 0 fully saturated rings. The second kappa shape index (κ2) is 9.52. The molecule has 1 aromatic carbocycles. The first-order chi connectivity index (χ1) is 10.1. The lowest BCUT2D eigenvalue weighted by Crippen LogP contribution is -2.13. The molecule has 0 saturated carbocycles. The van der Waals surface area contributed by atoms with Gasteiger partial charge in [-0.3, -0.25) is 4.79 Å². The molecule has 1 amide bonds. The third-order valence-corrected chi connectivity index (χ3v) is 4.31. The Balaban J connectivity index is 2.35. The highest BCUT2D eigenvalue weighted by molar-refractivity contribution is 7.99. The first-order valence-electron chi connectivity index (χ1n) is 7.02. The van der Waals surface area contributed by atoms with Crippen molar-refractivity contribution in [2.45, 2.75) is 31.4 Å². The SMILES string of the molecule is COc1ccc(N)cc1NC(=O)CCCSC(C)CCO. The summed E-state index contributed by atoms with van der Waals surface area (Å²) in [5, 5.41) is 12.1. The lowest BCUT2D eigenvalue weighted by molar-refractivity contribution is -0.116. The highest BCUT2D eigenvalue weighted by atomic mass is 32.2. The molecule has 0 spiro atoms. The Bertz CT molecular complexity index is 455. The molecule has 1 unspecified atom stereocenters. The van der Waals surface area contributed by atoms with Crippen LogP contribution in [0.1, 0.15) is 26.2 Å². The fraction of sp³-hybridized carbons (Fsp3) is 0.533. The zero-order valence-corrected chi connectivity index (χ0v) is 13.4. The van der Waals surface area contributed by atoms with Crippen LogP contribution in [0.4, 0.5) is 11.4 Å². The molecule has 0 aliphatic rings. The highest BCUT2D eigenvalue weighted by Crippen LogP contribution is 2.26. The van der Waals surface area contributed by atoms with Crippen molar-refractivity contribution in [3.63, 3.8) is 0 Å². The number of ether oxygens (including phenoxy) is 1. The molecule has 1 aromatic rings. The van der Waals surface area contributed by atoms with Crippen LogP contribution < -0.4 is 15.8 Å². The summed E-state index contributed by atoms with van der Waals surface area (Å²) in [5.41, 5.74) is 6.89. The van der Waals surface area contributed by atoms with Crippen molar-refractivity contribution in [2.24, 2.45) is 0 Å². The molecule has 0 saturated heterocycles. The van der Waals surface area contributed by atoms with Gasteiger partial charge in [0.2, 0.25) is 5.91 Å². The van der Waals surface area contributed by atoms with Crippen LogP contribution in [0.3, 0.4) is 0 Å². The highest BCUT2D eigenvalue weighted by Gasteiger charge is 2.08. The smallest absolute Gasteiger partial charge is 0.224 e. The second-order valence-corrected chi connectivity index (χ2v) is 6.35. The van der Waals surface area contributed by atoms with E-state index in [1.54, 1.807) is 37.1 Å². The number of rotatable bonds is 9. The van der Waals surface area contributed by atoms with E-state index in [-0.39, 0.29) is 12.5 Å². The van der Waals surface area contributed by atoms with Gasteiger partial charge in [0, 0.05) is 24.0 Å². The Labute approximate surface area is 130 Å². The van der Waals surface area contributed by atoms with Gasteiger partial charge in [-0.2, -0.15) is 11.8 Å². The third-order valence-electron chi connectivity index (χ3n) is 2.98. The number of thioether (sulfide) groups is 1. The molecule has 0 aliphatic carbocycles. The first-order valence-corrected chi connectivity index (χ1v) is 8.07. The van der Waals surface area contributed by atoms with E-state index in [0.717, 1.165) is 18.6 Å². The number of carbonyl (C=O) groups excluding carboxylic acids is 1. The predicted octanol–water partition coefficient (Wildman–Crippen LogP) is 2.50. The van der Waals surface area contributed by atoms with Gasteiger partial charge in [0.15, 0.2) is 0 Å². The van der Waals surface area contributed by atoms with Gasteiger partial charge < -0.3 is 20.9 Å². The van der Waals surface area contributed by atoms with E-state index in [1.807, 2.05) is 0 Å². The van der Waals surface area contributed by atoms with Crippen molar-refractivity contribution in [3.05, 3.63) is 18.2 Å². The average Bonchev–Trinajstić information content (AvgIpc) is 2.44. The molecule has 0 aromatic heterocycles. The summed E-state index contributed by atoms with van der Waals surface area (Å²) in [6.45, 7) is 2.29. The van der Waals surface area contributed by atoms with Crippen LogP contribution >= 0.6 is 11.8 Å². The number of nitrogens with one attached hydrogen (secondary N) is 1. The van der Waals surface area contributed by atoms with Crippen LogP contribution in [-0.4, -0.2) is 35.7 Å². The first kappa shape index (κ1) is 17.7. The molecule has 21 heavy (non-hydrogen) atoms. The van der Waals surface area contributed by atoms with E-state index in [9.17, 15) is 4.79 Å². The normalized spacial score (nSPS) is 12.0. The maximum absolute atomic E-state index is 11.9. The Kier molecular flexibility index (Phi) is 8.00. The average molecular weight is 312 g/mol. The number of hydrogen-bond acceptors (Lipinski definition) is 5. The summed E-state index contributed by atoms with van der Waals surface area (Å²) in [4.78, 5) is 11.9. The van der Waals surface area contributed by atoms with Crippen LogP contribution in [0.25, 0.3) is 0 Å². The minimum atomic E-state index is -0.0469. The summed E-state index contributed by atoms with van der Waals surface area (Å²) >= 11 is 1.77. The maximum Gasteiger partial charge on any atom is 0.224 e. The minimum absolute atomic E-state index is 0.0469. The standard InChI is InChI=1S/C15H24N2O3S/c1-11(7-8-18)21-9-3-4-15(19)17-13-10-12(16)5-6-14(13)20-2/h5-6,10-11,18H,3-4,7-9,16H2,1-2H3,(H,17,19). The summed E-state index contributed by atoms with van der Waals surface area (Å²) in [7, 11) is 1.56. The molecule has 118 valence electrons. The fourth-order valence-electron chi connectivity index (χ4n) is 1.82. The van der Waals surface area contributed by atoms with Crippen molar-refractivity contribution in [1.82, 2.24) is 0 Å². The van der Waals surface area contributed by atoms with E-state index in [1.165, 1.54) is 0 Å². The molecule has 1 rings (SSSR count). The number of benzene rings is 1. The van der Waals surface area contributed by atoms with Crippen LogP contribution in [0, 0.1) is 0 Å². The molecule has 4 N–H and O–H groups in total. The van der Waals surface area contributed by atoms with Crippen molar-refractivity contribution in [1.29, 1.82) is 0 Å². The van der Waals surface area contributed by atoms with E-state index < -0.39 is 0 Å². The summed E-state index contributed by atoms with van der Waals surface area (Å²) in [6.07, 6.45) is 2.05. The van der Waals surface area contributed by atoms with Crippen molar-refractivity contribution in [2.75, 3.05) is 30.5 Å². The summed E-state index contributed by atoms with van der Waals surface area (Å²) in [6, 6.07) is 5.15. The molecular weight excluding hydrogens is 288 g/mol. The Morgan fingerprint density at radius 2 is 2.29 bits per heavy atom. The quantitative estimate of drug-likeness (QED) is 0.482. The molecule has 0 heterocycles. The Morgan fingerprint density at radius 3 is 2.95 bits per heavy atom. The largest absolute Gasteiger partial charge is 0.495 e. The topological polar surface area (TPSA) is 84.6 Å². The molecule has 1 atom stereocenters. The van der Waals surface area contributed by atoms with Crippen LogP contribution in [0.2, 0.25) is 0 Å². The van der Waals surface area contributed by atoms with Gasteiger partial charge in [0.25, 0.3) is 0 Å². The van der Waals surface area contributed by atoms with Gasteiger partial charge >= 0.3 is 0 Å². The number of anilines is 2. The number of nitrogens with two attached hydrogens (primary N) is 1. The van der Waals surface area contributed by atoms with E-state index in [0.29, 0.717) is 28.8 Å². The van der Waals surface area contributed by atoms with Gasteiger partial charge in [-0.1, -0.05) is 6.92 Å². The van der Waals surface area contributed by atoms with E-state index in [4.69, 9.17) is 15.6 Å². The zero-order valence-electron chi connectivity index (χ0n) is 12.6. The summed E-state index contributed by atoms with van der Waals surface area (Å²) < 4.78 is 5.19. The number of nitrogen functional groups attached to an aromatic ring is 1. The third kappa shape index (κ3) is 6.73. The Morgan fingerprint density at radius 1 is 1.52 bits per heavy atom. The van der Waals surface area contributed by atoms with Gasteiger partial charge in [-0.15, -0.1) is 0 Å². The summed E-state index contributed by atoms with van der Waals surface area (Å²) in [5.74, 6) is 1.46. The fourth-order valence-corrected chi connectivity index (χ4v) is 2.80. The molecule has 0 aliphatic heterocycles. The van der Waals surface area contributed by atoms with Gasteiger partial charge in [-0.25, -0.2) is 0 Å². The maximum atomic E-state index is 11.9. The molecule has 5 nitrogen and oxygen atoms in total. The van der Waals surface area contributed by atoms with Crippen molar-refractivity contribution < 1.29 is 14.6 Å². The number of hydrogen-bond donors (Lipinski definition) is 3. The lowest BCUT2D eigenvalue weighted by Gasteiger charge is -2.11. The molecule has 0 radical (unpaired) electrons. The van der Waals surface area contributed by atoms with Gasteiger partial charge in [0.1, 0.15) is 5.75 Å². The number of amides is 1. The Hall–Kier alpha value is -1.40. The van der Waals surface area contributed by atoms with Crippen LogP contribution in [-0.2, 0) is 4.79 Å². The minimum Gasteiger partial charge on any atom is -0.495 e. The van der Waals surface area contributed by atoms with E-state index >= 15 is 0 Å². The van der Waals surface area contributed by atoms with Crippen LogP contribution in [0.15, 0.2) is 18.2 Å². The second-order valence-electron chi connectivity index (χ2n) is 4.81. The van der Waals surface area contributed by atoms with Crippen LogP contribution in [0.5, 0.6) is 5.75 Å². The lowest BCUT2D eigenvalue weighted by atomic mass is 10.2. The zero-order chi connectivity index (χ0) is 15.7. The predicted molar refractivity (Wildman–Crippen MR) is 88.9 cm³/mol.